The molecular formula is C23H22FN5O2. The Balaban J connectivity index is 1.64. The molecule has 2 heterocycles. The first kappa shape index (κ1) is 20.5. The van der Waals surface area contributed by atoms with Gasteiger partial charge in [0.2, 0.25) is 11.7 Å². The first-order valence-electron chi connectivity index (χ1n) is 10.1. The van der Waals surface area contributed by atoms with Gasteiger partial charge in [-0.25, -0.2) is 4.39 Å². The maximum Gasteiger partial charge on any atom is 0.279 e. The Morgan fingerprint density at radius 1 is 1.13 bits per heavy atom. The largest absolute Gasteiger partial charge is 0.326 e. The molecule has 0 saturated heterocycles. The first-order chi connectivity index (χ1) is 15.0. The molecule has 7 nitrogen and oxygen atoms in total. The average Bonchev–Trinajstić information content (AvgIpc) is 3.20. The number of nitrogens with zero attached hydrogens (tertiary/aromatic N) is 4. The Hall–Kier alpha value is -3.81. The van der Waals surface area contributed by atoms with E-state index in [9.17, 15) is 14.0 Å². The van der Waals surface area contributed by atoms with E-state index in [-0.39, 0.29) is 24.3 Å². The van der Waals surface area contributed by atoms with E-state index in [4.69, 9.17) is 0 Å². The maximum absolute atomic E-state index is 13.3. The molecule has 0 unspecified atom stereocenters. The number of benzene rings is 2. The van der Waals surface area contributed by atoms with Crippen molar-refractivity contribution in [3.05, 3.63) is 82.0 Å². The summed E-state index contributed by atoms with van der Waals surface area (Å²) < 4.78 is 16.5. The second-order valence-electron chi connectivity index (χ2n) is 7.19. The van der Waals surface area contributed by atoms with Crippen LogP contribution in [0.25, 0.3) is 17.2 Å². The summed E-state index contributed by atoms with van der Waals surface area (Å²) >= 11 is 0. The molecule has 31 heavy (non-hydrogen) atoms. The molecule has 0 spiro atoms. The highest BCUT2D eigenvalue weighted by molar-refractivity contribution is 5.90. The number of fused-ring (bicyclic) bond motifs is 1. The molecule has 8 heteroatoms. The number of amides is 1. The summed E-state index contributed by atoms with van der Waals surface area (Å²) in [7, 11) is 0. The second-order valence-corrected chi connectivity index (χ2v) is 7.19. The van der Waals surface area contributed by atoms with Crippen LogP contribution in [-0.4, -0.2) is 25.1 Å². The molecule has 2 aromatic carbocycles. The summed E-state index contributed by atoms with van der Waals surface area (Å²) in [6.07, 6.45) is 0.324. The zero-order chi connectivity index (χ0) is 22.0. The van der Waals surface area contributed by atoms with Gasteiger partial charge in [0.1, 0.15) is 5.82 Å². The predicted molar refractivity (Wildman–Crippen MR) is 116 cm³/mol. The van der Waals surface area contributed by atoms with E-state index in [1.54, 1.807) is 6.07 Å². The van der Waals surface area contributed by atoms with Gasteiger partial charge in [0.25, 0.3) is 5.56 Å². The lowest BCUT2D eigenvalue weighted by Gasteiger charge is -2.13. The molecule has 158 valence electrons. The number of nitrogens with one attached hydrogen (secondary N) is 1. The number of carbonyl (C=O) groups is 1. The quantitative estimate of drug-likeness (QED) is 0.518. The Morgan fingerprint density at radius 3 is 2.61 bits per heavy atom. The van der Waals surface area contributed by atoms with Crippen molar-refractivity contribution in [2.45, 2.75) is 33.2 Å². The normalized spacial score (nSPS) is 11.1. The van der Waals surface area contributed by atoms with Crippen molar-refractivity contribution >= 4 is 17.4 Å². The van der Waals surface area contributed by atoms with Gasteiger partial charge < -0.3 is 9.88 Å². The summed E-state index contributed by atoms with van der Waals surface area (Å²) in [6, 6.07) is 15.2. The lowest BCUT2D eigenvalue weighted by atomic mass is 10.1. The lowest BCUT2D eigenvalue weighted by molar-refractivity contribution is -0.116. The molecular weight excluding hydrogens is 397 g/mol. The third-order valence-electron chi connectivity index (χ3n) is 5.18. The van der Waals surface area contributed by atoms with Gasteiger partial charge in [-0.1, -0.05) is 36.4 Å². The standard InChI is InChI=1S/C23H22FN5O2/c1-3-28-15(2)19(12-13-20(30)25-18-11-7-10-17(24)14-18)22(31)29-23(28)26-21(27-29)16-8-5-4-6-9-16/h4-11,14H,3,12-13H2,1-2H3,(H,25,30). The molecule has 0 aliphatic rings. The van der Waals surface area contributed by atoms with E-state index >= 15 is 0 Å². The topological polar surface area (TPSA) is 81.3 Å². The number of halogens is 1. The van der Waals surface area contributed by atoms with Gasteiger partial charge in [0.05, 0.1) is 0 Å². The monoisotopic (exact) mass is 419 g/mol. The minimum Gasteiger partial charge on any atom is -0.326 e. The van der Waals surface area contributed by atoms with E-state index < -0.39 is 5.82 Å². The van der Waals surface area contributed by atoms with Crippen molar-refractivity contribution in [2.75, 3.05) is 5.32 Å². The SMILES string of the molecule is CCn1c(C)c(CCC(=O)Nc2cccc(F)c2)c(=O)n2nc(-c3ccccc3)nc12. The van der Waals surface area contributed by atoms with Crippen LogP contribution in [0.4, 0.5) is 10.1 Å². The van der Waals surface area contributed by atoms with E-state index in [1.165, 1.54) is 22.7 Å². The number of hydrogen-bond acceptors (Lipinski definition) is 4. The van der Waals surface area contributed by atoms with Crippen LogP contribution >= 0.6 is 0 Å². The van der Waals surface area contributed by atoms with Gasteiger partial charge in [-0.15, -0.1) is 5.10 Å². The summed E-state index contributed by atoms with van der Waals surface area (Å²) in [5, 5.41) is 7.09. The van der Waals surface area contributed by atoms with Gasteiger partial charge in [-0.05, 0) is 38.5 Å². The number of carbonyl (C=O) groups excluding carboxylic acids is 1. The first-order valence-corrected chi connectivity index (χ1v) is 10.1. The molecule has 0 atom stereocenters. The predicted octanol–water partition coefficient (Wildman–Crippen LogP) is 3.60. The zero-order valence-electron chi connectivity index (χ0n) is 17.3. The van der Waals surface area contributed by atoms with Crippen molar-refractivity contribution in [1.29, 1.82) is 0 Å². The molecule has 1 N–H and O–H groups in total. The Labute approximate surface area is 178 Å². The van der Waals surface area contributed by atoms with Crippen LogP contribution in [0.5, 0.6) is 0 Å². The van der Waals surface area contributed by atoms with E-state index in [2.05, 4.69) is 15.4 Å². The maximum atomic E-state index is 13.3. The molecule has 0 aliphatic heterocycles. The van der Waals surface area contributed by atoms with Crippen molar-refractivity contribution in [3.63, 3.8) is 0 Å². The van der Waals surface area contributed by atoms with Crippen molar-refractivity contribution in [1.82, 2.24) is 19.2 Å². The molecule has 4 aromatic rings. The lowest BCUT2D eigenvalue weighted by Crippen LogP contribution is -2.27. The van der Waals surface area contributed by atoms with Crippen molar-refractivity contribution < 1.29 is 9.18 Å². The molecule has 0 aliphatic carbocycles. The highest BCUT2D eigenvalue weighted by Gasteiger charge is 2.18. The number of anilines is 1. The van der Waals surface area contributed by atoms with E-state index in [1.807, 2.05) is 48.7 Å². The number of aromatic nitrogens is 4. The zero-order valence-corrected chi connectivity index (χ0v) is 17.3. The van der Waals surface area contributed by atoms with Crippen LogP contribution in [-0.2, 0) is 17.8 Å². The van der Waals surface area contributed by atoms with Crippen molar-refractivity contribution in [3.8, 4) is 11.4 Å². The third-order valence-corrected chi connectivity index (χ3v) is 5.18. The number of rotatable bonds is 6. The van der Waals surface area contributed by atoms with E-state index in [0.29, 0.717) is 29.4 Å². The van der Waals surface area contributed by atoms with Gasteiger partial charge in [-0.3, -0.25) is 9.59 Å². The minimum absolute atomic E-state index is 0.0854. The molecule has 4 rings (SSSR count). The highest BCUT2D eigenvalue weighted by Crippen LogP contribution is 2.17. The van der Waals surface area contributed by atoms with Crippen LogP contribution < -0.4 is 10.9 Å². The van der Waals surface area contributed by atoms with E-state index in [0.717, 1.165) is 11.3 Å². The smallest absolute Gasteiger partial charge is 0.279 e. The Morgan fingerprint density at radius 2 is 1.90 bits per heavy atom. The summed E-state index contributed by atoms with van der Waals surface area (Å²) in [6.45, 7) is 4.42. The van der Waals surface area contributed by atoms with Crippen LogP contribution in [0, 0.1) is 12.7 Å². The van der Waals surface area contributed by atoms with Crippen LogP contribution in [0.2, 0.25) is 0 Å². The van der Waals surface area contributed by atoms with Gasteiger partial charge >= 0.3 is 0 Å². The van der Waals surface area contributed by atoms with Gasteiger partial charge in [0.15, 0.2) is 5.82 Å². The Bertz CT molecular complexity index is 1310. The number of aryl methyl sites for hydroxylation is 1. The minimum atomic E-state index is -0.426. The highest BCUT2D eigenvalue weighted by atomic mass is 19.1. The van der Waals surface area contributed by atoms with Crippen LogP contribution in [0.1, 0.15) is 24.6 Å². The van der Waals surface area contributed by atoms with Crippen molar-refractivity contribution in [2.24, 2.45) is 0 Å². The fourth-order valence-electron chi connectivity index (χ4n) is 3.61. The molecule has 2 aromatic heterocycles. The van der Waals surface area contributed by atoms with Crippen LogP contribution in [0.15, 0.2) is 59.4 Å². The molecule has 0 saturated carbocycles. The summed E-state index contributed by atoms with van der Waals surface area (Å²) in [4.78, 5) is 30.1. The third kappa shape index (κ3) is 4.09. The van der Waals surface area contributed by atoms with Gasteiger partial charge in [-0.2, -0.15) is 9.50 Å². The summed E-state index contributed by atoms with van der Waals surface area (Å²) in [5.41, 5.74) is 2.18. The second kappa shape index (κ2) is 8.51. The van der Waals surface area contributed by atoms with Gasteiger partial charge in [0, 0.05) is 35.5 Å². The molecule has 0 radical (unpaired) electrons. The molecule has 0 fully saturated rings. The molecule has 0 bridgehead atoms. The fourth-order valence-corrected chi connectivity index (χ4v) is 3.61. The fraction of sp³-hybridized carbons (Fsp3) is 0.217. The molecule has 1 amide bonds. The number of hydrogen-bond donors (Lipinski definition) is 1. The average molecular weight is 419 g/mol. The van der Waals surface area contributed by atoms with Crippen LogP contribution in [0.3, 0.4) is 0 Å². The summed E-state index contributed by atoms with van der Waals surface area (Å²) in [5.74, 6) is 0.221. The Kier molecular flexibility index (Phi) is 5.62.